The average molecular weight is 711 g/mol. The van der Waals surface area contributed by atoms with Crippen molar-refractivity contribution in [3.05, 3.63) is 55.9 Å². The molecule has 1 spiro atoms. The predicted octanol–water partition coefficient (Wildman–Crippen LogP) is 5.68. The lowest BCUT2D eigenvalue weighted by atomic mass is 10.2. The number of hydrogen-bond donors (Lipinski definition) is 2. The van der Waals surface area contributed by atoms with Gasteiger partial charge in [0.25, 0.3) is 15.1 Å². The van der Waals surface area contributed by atoms with Gasteiger partial charge < -0.3 is 0 Å². The van der Waals surface area contributed by atoms with Crippen LogP contribution in [0.5, 0.6) is 0 Å². The highest BCUT2D eigenvalue weighted by Gasteiger charge is 2.59. The molecular weight excluding hydrogens is 682 g/mol. The lowest BCUT2D eigenvalue weighted by Gasteiger charge is -2.34. The molecule has 0 bridgehead atoms. The number of thiazole rings is 1. The normalized spacial score (nSPS) is 22.1. The van der Waals surface area contributed by atoms with Gasteiger partial charge in [-0.15, -0.1) is 0 Å². The molecule has 0 saturated carbocycles. The first-order valence-corrected chi connectivity index (χ1v) is 18.6. The minimum absolute atomic E-state index is 0.106. The molecule has 3 aromatic rings. The number of aromatic nitrogens is 1. The molecule has 3 heterocycles. The molecule has 15 heteroatoms. The van der Waals surface area contributed by atoms with E-state index in [-0.39, 0.29) is 10.2 Å². The number of hydrogen-bond acceptors (Lipinski definition) is 8. The summed E-state index contributed by atoms with van der Waals surface area (Å²) >= 11 is 13.1. The standard InChI is InChI=1S/C25H28BrClN3O6S4/c1-2-28-36-40(34,35)25-6-5-12-30(25)20-15-18(27)8-10-22(20)38-24(30)16-23-29(11-3-4-13-39(31,32)33)19-14-17(26)7-9-21(19)37-23/h7-10,14-16,25,28H,2-6,11-13H2,1H3/q+1/p+1. The van der Waals surface area contributed by atoms with Crippen LogP contribution < -0.4 is 14.5 Å². The maximum absolute atomic E-state index is 13.5. The van der Waals surface area contributed by atoms with Gasteiger partial charge in [-0.2, -0.15) is 31.2 Å². The number of unbranched alkanes of at least 4 members (excludes halogenated alkanes) is 1. The van der Waals surface area contributed by atoms with Gasteiger partial charge in [-0.1, -0.05) is 45.8 Å². The SMILES string of the molecule is CCNOS(=O)(=O)C1CCC[N+]12C(=Cc1sc3ccc(Br)cc3[n+]1CCCCS(=O)(=O)O)Sc1ccc(Cl)cc12. The van der Waals surface area contributed by atoms with Gasteiger partial charge in [-0.05, 0) is 42.4 Å². The van der Waals surface area contributed by atoms with Crippen molar-refractivity contribution in [3.8, 4) is 0 Å². The third-order valence-electron chi connectivity index (χ3n) is 7.04. The highest BCUT2D eigenvalue weighted by molar-refractivity contribution is 9.10. The third-order valence-corrected chi connectivity index (χ3v) is 12.5. The Labute approximate surface area is 255 Å². The van der Waals surface area contributed by atoms with Gasteiger partial charge in [0.05, 0.1) is 23.3 Å². The maximum atomic E-state index is 13.5. The first kappa shape index (κ1) is 30.4. The summed E-state index contributed by atoms with van der Waals surface area (Å²) in [5, 5.41) is 1.46. The highest BCUT2D eigenvalue weighted by atomic mass is 79.9. The lowest BCUT2D eigenvalue weighted by Crippen LogP contribution is -2.54. The Hall–Kier alpha value is -1.07. The second kappa shape index (κ2) is 11.9. The third kappa shape index (κ3) is 6.03. The van der Waals surface area contributed by atoms with Gasteiger partial charge in [0.15, 0.2) is 17.3 Å². The molecule has 1 saturated heterocycles. The Bertz CT molecular complexity index is 1700. The smallest absolute Gasteiger partial charge is 0.286 e. The van der Waals surface area contributed by atoms with Crippen LogP contribution in [-0.4, -0.2) is 45.6 Å². The van der Waals surface area contributed by atoms with Crippen LogP contribution in [0.3, 0.4) is 0 Å². The van der Waals surface area contributed by atoms with E-state index in [9.17, 15) is 16.8 Å². The van der Waals surface area contributed by atoms with E-state index < -0.39 is 25.6 Å². The number of halogens is 2. The zero-order valence-corrected chi connectivity index (χ0v) is 27.2. The molecule has 2 unspecified atom stereocenters. The Balaban J connectivity index is 1.63. The van der Waals surface area contributed by atoms with Crippen LogP contribution in [-0.2, 0) is 31.1 Å². The van der Waals surface area contributed by atoms with Crippen LogP contribution >= 0.6 is 50.6 Å². The molecule has 216 valence electrons. The summed E-state index contributed by atoms with van der Waals surface area (Å²) in [6.07, 6.45) is 4.04. The van der Waals surface area contributed by atoms with Crippen molar-refractivity contribution in [2.75, 3.05) is 18.8 Å². The Kier molecular flexibility index (Phi) is 9.04. The molecule has 2 aromatic carbocycles. The van der Waals surface area contributed by atoms with Gasteiger partial charge in [0.2, 0.25) is 10.9 Å². The summed E-state index contributed by atoms with van der Waals surface area (Å²) in [4.78, 5) is 0.949. The van der Waals surface area contributed by atoms with Gasteiger partial charge in [0.1, 0.15) is 4.70 Å². The Morgan fingerprint density at radius 1 is 1.23 bits per heavy atom. The number of thioether (sulfide) groups is 1. The van der Waals surface area contributed by atoms with Crippen molar-refractivity contribution in [3.63, 3.8) is 0 Å². The van der Waals surface area contributed by atoms with E-state index in [1.54, 1.807) is 18.3 Å². The van der Waals surface area contributed by atoms with Crippen molar-refractivity contribution in [1.29, 1.82) is 0 Å². The summed E-state index contributed by atoms with van der Waals surface area (Å²) in [6, 6.07) is 11.6. The molecule has 2 N–H and O–H groups in total. The number of benzene rings is 2. The van der Waals surface area contributed by atoms with Gasteiger partial charge in [-0.3, -0.25) is 4.55 Å². The molecule has 0 radical (unpaired) electrons. The summed E-state index contributed by atoms with van der Waals surface area (Å²) in [5.41, 5.74) is 4.35. The molecule has 0 amide bonds. The number of quaternary nitrogens is 1. The molecule has 40 heavy (non-hydrogen) atoms. The molecule has 2 atom stereocenters. The first-order chi connectivity index (χ1) is 18.9. The Morgan fingerprint density at radius 2 is 2.02 bits per heavy atom. The molecule has 1 fully saturated rings. The number of nitrogens with zero attached hydrogens (tertiary/aromatic N) is 2. The van der Waals surface area contributed by atoms with Crippen LogP contribution in [0.15, 0.2) is 50.8 Å². The van der Waals surface area contributed by atoms with E-state index >= 15 is 0 Å². The zero-order chi connectivity index (χ0) is 28.7. The number of aryl methyl sites for hydroxylation is 1. The molecular formula is C25H29BrClN3O6S4+2. The van der Waals surface area contributed by atoms with Gasteiger partial charge in [0, 0.05) is 47.4 Å². The molecule has 0 aliphatic carbocycles. The number of nitrogens with one attached hydrogen (secondary N) is 1. The van der Waals surface area contributed by atoms with Crippen LogP contribution in [0, 0.1) is 0 Å². The van der Waals surface area contributed by atoms with Crippen molar-refractivity contribution in [2.45, 2.75) is 49.4 Å². The van der Waals surface area contributed by atoms with E-state index in [2.05, 4.69) is 32.1 Å². The first-order valence-electron chi connectivity index (χ1n) is 12.7. The summed E-state index contributed by atoms with van der Waals surface area (Å²) < 4.78 is 68.1. The maximum Gasteiger partial charge on any atom is 0.338 e. The topological polar surface area (TPSA) is 114 Å². The van der Waals surface area contributed by atoms with E-state index in [1.807, 2.05) is 36.4 Å². The van der Waals surface area contributed by atoms with Crippen molar-refractivity contribution < 1.29 is 30.2 Å². The number of fused-ring (bicyclic) bond motifs is 3. The fourth-order valence-electron chi connectivity index (χ4n) is 5.39. The average Bonchev–Trinajstić information content (AvgIpc) is 3.56. The predicted molar refractivity (Wildman–Crippen MR) is 164 cm³/mol. The molecule has 9 nitrogen and oxygen atoms in total. The Morgan fingerprint density at radius 3 is 2.77 bits per heavy atom. The van der Waals surface area contributed by atoms with Crippen LogP contribution in [0.1, 0.15) is 37.6 Å². The van der Waals surface area contributed by atoms with E-state index in [4.69, 9.17) is 20.4 Å². The van der Waals surface area contributed by atoms with E-state index in [1.165, 1.54) is 11.8 Å². The minimum Gasteiger partial charge on any atom is -0.286 e. The number of rotatable bonds is 10. The molecule has 5 rings (SSSR count). The fourth-order valence-corrected chi connectivity index (χ4v) is 10.7. The monoisotopic (exact) mass is 709 g/mol. The minimum atomic E-state index is -4.04. The van der Waals surface area contributed by atoms with Gasteiger partial charge in [-0.25, -0.2) is 4.48 Å². The van der Waals surface area contributed by atoms with Crippen molar-refractivity contribution >= 4 is 92.8 Å². The summed E-state index contributed by atoms with van der Waals surface area (Å²) in [7, 11) is -8.03. The highest BCUT2D eigenvalue weighted by Crippen LogP contribution is 2.57. The second-order valence-corrected chi connectivity index (χ2v) is 16.4. The molecule has 2 aliphatic heterocycles. The lowest BCUT2D eigenvalue weighted by molar-refractivity contribution is -0.669. The van der Waals surface area contributed by atoms with E-state index in [0.29, 0.717) is 50.3 Å². The quantitative estimate of drug-likeness (QED) is 0.0910. The van der Waals surface area contributed by atoms with Crippen LogP contribution in [0.25, 0.3) is 16.3 Å². The largest absolute Gasteiger partial charge is 0.338 e. The molecule has 1 aromatic heterocycles. The summed E-state index contributed by atoms with van der Waals surface area (Å²) in [6.45, 7) is 3.23. The van der Waals surface area contributed by atoms with Crippen LogP contribution in [0.2, 0.25) is 5.02 Å². The van der Waals surface area contributed by atoms with Gasteiger partial charge >= 0.3 is 10.1 Å². The van der Waals surface area contributed by atoms with Crippen molar-refractivity contribution in [1.82, 2.24) is 9.96 Å². The van der Waals surface area contributed by atoms with Crippen molar-refractivity contribution in [2.24, 2.45) is 0 Å². The second-order valence-electron chi connectivity index (χ2n) is 9.66. The molecule has 2 aliphatic rings. The van der Waals surface area contributed by atoms with Crippen LogP contribution in [0.4, 0.5) is 5.69 Å². The number of hydroxylamine groups is 1. The fraction of sp³-hybridized carbons (Fsp3) is 0.400. The van der Waals surface area contributed by atoms with E-state index in [0.717, 1.165) is 35.3 Å². The zero-order valence-electron chi connectivity index (χ0n) is 21.5. The summed E-state index contributed by atoms with van der Waals surface area (Å²) in [5.74, 6) is -0.299.